The number of nitrogens with zero attached hydrogens (tertiary/aromatic N) is 2. The van der Waals surface area contributed by atoms with Crippen LogP contribution in [-0.2, 0) is 12.7 Å². The Balaban J connectivity index is 2.06. The zero-order valence-corrected chi connectivity index (χ0v) is 12.7. The maximum Gasteiger partial charge on any atom is 0.416 e. The Morgan fingerprint density at radius 1 is 1.12 bits per heavy atom. The summed E-state index contributed by atoms with van der Waals surface area (Å²) in [7, 11) is 0. The van der Waals surface area contributed by atoms with Crippen molar-refractivity contribution in [3.63, 3.8) is 0 Å². The van der Waals surface area contributed by atoms with Crippen molar-refractivity contribution in [1.82, 2.24) is 4.57 Å². The number of fused-ring (bicyclic) bond motifs is 1. The van der Waals surface area contributed by atoms with Crippen LogP contribution < -0.4 is 0 Å². The minimum atomic E-state index is -4.42. The van der Waals surface area contributed by atoms with E-state index in [0.29, 0.717) is 22.0 Å². The van der Waals surface area contributed by atoms with Crippen molar-refractivity contribution in [3.8, 4) is 6.07 Å². The molecule has 0 saturated carbocycles. The number of hydrogen-bond acceptors (Lipinski definition) is 2. The lowest BCUT2D eigenvalue weighted by atomic mass is 10.1. The lowest BCUT2D eigenvalue weighted by Gasteiger charge is -2.11. The Kier molecular flexibility index (Phi) is 3.97. The van der Waals surface area contributed by atoms with Gasteiger partial charge in [0.05, 0.1) is 22.7 Å². The molecule has 0 fully saturated rings. The van der Waals surface area contributed by atoms with Gasteiger partial charge in [-0.25, -0.2) is 4.79 Å². The molecule has 2 aromatic carbocycles. The van der Waals surface area contributed by atoms with Crippen molar-refractivity contribution in [3.05, 3.63) is 70.9 Å². The van der Waals surface area contributed by atoms with Crippen LogP contribution in [0.25, 0.3) is 10.9 Å². The number of rotatable bonds is 3. The monoisotopic (exact) mass is 344 g/mol. The maximum atomic E-state index is 12.6. The Labute approximate surface area is 140 Å². The van der Waals surface area contributed by atoms with E-state index in [-0.39, 0.29) is 12.2 Å². The summed E-state index contributed by atoms with van der Waals surface area (Å²) in [4.78, 5) is 11.5. The molecule has 25 heavy (non-hydrogen) atoms. The maximum absolute atomic E-state index is 12.6. The SMILES string of the molecule is N#Cc1ccc2cc(C(=O)O)n(Cc3ccc(C(F)(F)F)cc3)c2c1. The van der Waals surface area contributed by atoms with Crippen LogP contribution in [0.1, 0.15) is 27.2 Å². The van der Waals surface area contributed by atoms with Gasteiger partial charge in [-0.1, -0.05) is 18.2 Å². The summed E-state index contributed by atoms with van der Waals surface area (Å²) in [6.07, 6.45) is -4.42. The molecule has 7 heteroatoms. The number of carboxylic acids is 1. The van der Waals surface area contributed by atoms with Crippen LogP contribution in [0.15, 0.2) is 48.5 Å². The number of alkyl halides is 3. The molecule has 0 atom stereocenters. The van der Waals surface area contributed by atoms with Crippen LogP contribution in [-0.4, -0.2) is 15.6 Å². The molecule has 0 amide bonds. The Bertz CT molecular complexity index is 996. The van der Waals surface area contributed by atoms with Gasteiger partial charge in [-0.2, -0.15) is 18.4 Å². The van der Waals surface area contributed by atoms with Crippen LogP contribution >= 0.6 is 0 Å². The van der Waals surface area contributed by atoms with Crippen LogP contribution in [0.4, 0.5) is 13.2 Å². The predicted molar refractivity (Wildman–Crippen MR) is 84.2 cm³/mol. The molecule has 0 saturated heterocycles. The second-order valence-electron chi connectivity index (χ2n) is 5.50. The summed E-state index contributed by atoms with van der Waals surface area (Å²) in [6.45, 7) is 0.0815. The highest BCUT2D eigenvalue weighted by atomic mass is 19.4. The zero-order valence-electron chi connectivity index (χ0n) is 12.7. The van der Waals surface area contributed by atoms with E-state index in [4.69, 9.17) is 5.26 Å². The number of aromatic carboxylic acids is 1. The van der Waals surface area contributed by atoms with E-state index in [1.165, 1.54) is 22.8 Å². The van der Waals surface area contributed by atoms with Gasteiger partial charge in [0.15, 0.2) is 0 Å². The van der Waals surface area contributed by atoms with Crippen molar-refractivity contribution in [2.75, 3.05) is 0 Å². The fraction of sp³-hybridized carbons (Fsp3) is 0.111. The van der Waals surface area contributed by atoms with E-state index >= 15 is 0 Å². The van der Waals surface area contributed by atoms with E-state index in [0.717, 1.165) is 12.1 Å². The van der Waals surface area contributed by atoms with Gasteiger partial charge >= 0.3 is 12.1 Å². The summed E-state index contributed by atoms with van der Waals surface area (Å²) in [6, 6.07) is 12.8. The lowest BCUT2D eigenvalue weighted by molar-refractivity contribution is -0.137. The average Bonchev–Trinajstić information content (AvgIpc) is 2.92. The summed E-state index contributed by atoms with van der Waals surface area (Å²) in [5.74, 6) is -1.15. The molecule has 0 bridgehead atoms. The first-order valence-electron chi connectivity index (χ1n) is 7.22. The van der Waals surface area contributed by atoms with Crippen molar-refractivity contribution in [2.45, 2.75) is 12.7 Å². The number of benzene rings is 2. The summed E-state index contributed by atoms with van der Waals surface area (Å²) >= 11 is 0. The van der Waals surface area contributed by atoms with Crippen LogP contribution in [0, 0.1) is 11.3 Å². The Hall–Kier alpha value is -3.27. The molecule has 1 heterocycles. The first kappa shape index (κ1) is 16.6. The third-order valence-electron chi connectivity index (χ3n) is 3.87. The Morgan fingerprint density at radius 3 is 2.36 bits per heavy atom. The molecule has 1 N–H and O–H groups in total. The van der Waals surface area contributed by atoms with Crippen molar-refractivity contribution in [1.29, 1.82) is 5.26 Å². The molecule has 0 radical (unpaired) electrons. The molecule has 126 valence electrons. The first-order valence-corrected chi connectivity index (χ1v) is 7.22. The highest BCUT2D eigenvalue weighted by Crippen LogP contribution is 2.29. The van der Waals surface area contributed by atoms with E-state index in [1.54, 1.807) is 18.2 Å². The van der Waals surface area contributed by atoms with E-state index in [1.807, 2.05) is 6.07 Å². The lowest BCUT2D eigenvalue weighted by Crippen LogP contribution is -2.10. The number of halogens is 3. The minimum Gasteiger partial charge on any atom is -0.477 e. The van der Waals surface area contributed by atoms with Crippen LogP contribution in [0.2, 0.25) is 0 Å². The fourth-order valence-electron chi connectivity index (χ4n) is 2.65. The summed E-state index contributed by atoms with van der Waals surface area (Å²) < 4.78 is 39.4. The van der Waals surface area contributed by atoms with Gasteiger partial charge < -0.3 is 9.67 Å². The number of carbonyl (C=O) groups is 1. The van der Waals surface area contributed by atoms with Gasteiger partial charge in [-0.3, -0.25) is 0 Å². The van der Waals surface area contributed by atoms with E-state index in [2.05, 4.69) is 0 Å². The predicted octanol–water partition coefficient (Wildman–Crippen LogP) is 4.28. The zero-order chi connectivity index (χ0) is 18.2. The molecular formula is C18H11F3N2O2. The molecule has 0 aliphatic heterocycles. The number of aromatic nitrogens is 1. The summed E-state index contributed by atoms with van der Waals surface area (Å²) in [5.41, 5.74) is 0.673. The molecule has 1 aromatic heterocycles. The largest absolute Gasteiger partial charge is 0.477 e. The smallest absolute Gasteiger partial charge is 0.416 e. The quantitative estimate of drug-likeness (QED) is 0.771. The topological polar surface area (TPSA) is 66.0 Å². The molecule has 0 aliphatic rings. The van der Waals surface area contributed by atoms with Gasteiger partial charge in [-0.05, 0) is 35.9 Å². The standard InChI is InChI=1S/C18H11F3N2O2/c19-18(20,21)14-5-2-11(3-6-14)10-23-15-7-12(9-22)1-4-13(15)8-16(23)17(24)25/h1-8H,10H2,(H,24,25). The van der Waals surface area contributed by atoms with E-state index in [9.17, 15) is 23.1 Å². The molecule has 0 aliphatic carbocycles. The number of hydrogen-bond donors (Lipinski definition) is 1. The second-order valence-corrected chi connectivity index (χ2v) is 5.50. The third-order valence-corrected chi connectivity index (χ3v) is 3.87. The van der Waals surface area contributed by atoms with Crippen LogP contribution in [0.3, 0.4) is 0 Å². The first-order chi connectivity index (χ1) is 11.8. The number of nitriles is 1. The normalized spacial score (nSPS) is 11.4. The molecular weight excluding hydrogens is 333 g/mol. The highest BCUT2D eigenvalue weighted by Gasteiger charge is 2.30. The van der Waals surface area contributed by atoms with Gasteiger partial charge in [0.2, 0.25) is 0 Å². The second kappa shape index (κ2) is 5.98. The molecule has 4 nitrogen and oxygen atoms in total. The van der Waals surface area contributed by atoms with E-state index < -0.39 is 17.7 Å². The van der Waals surface area contributed by atoms with Crippen molar-refractivity contribution in [2.24, 2.45) is 0 Å². The third kappa shape index (κ3) is 3.19. The molecule has 3 aromatic rings. The minimum absolute atomic E-state index is 0.00462. The van der Waals surface area contributed by atoms with Crippen LogP contribution in [0.5, 0.6) is 0 Å². The molecule has 3 rings (SSSR count). The van der Waals surface area contributed by atoms with Gasteiger partial charge in [0.1, 0.15) is 5.69 Å². The number of carboxylic acid groups (broad SMARTS) is 1. The molecule has 0 spiro atoms. The average molecular weight is 344 g/mol. The van der Waals surface area contributed by atoms with Gasteiger partial charge in [0.25, 0.3) is 0 Å². The summed E-state index contributed by atoms with van der Waals surface area (Å²) in [5, 5.41) is 19.0. The van der Waals surface area contributed by atoms with Gasteiger partial charge in [-0.15, -0.1) is 0 Å². The molecule has 0 unspecified atom stereocenters. The van der Waals surface area contributed by atoms with Gasteiger partial charge in [0, 0.05) is 11.9 Å². The fourth-order valence-corrected chi connectivity index (χ4v) is 2.65. The van der Waals surface area contributed by atoms with Crippen molar-refractivity contribution >= 4 is 16.9 Å². The van der Waals surface area contributed by atoms with Crippen molar-refractivity contribution < 1.29 is 23.1 Å². The highest BCUT2D eigenvalue weighted by molar-refractivity contribution is 5.95. The Morgan fingerprint density at radius 2 is 1.80 bits per heavy atom.